The van der Waals surface area contributed by atoms with E-state index >= 15 is 0 Å². The molecule has 112 valence electrons. The second-order valence-electron chi connectivity index (χ2n) is 3.95. The third-order valence-corrected chi connectivity index (χ3v) is 3.89. The molecule has 1 aromatic carbocycles. The normalized spacial score (nSPS) is 10.3. The molecule has 10 heteroatoms. The molecule has 0 atom stereocenters. The zero-order valence-electron chi connectivity index (χ0n) is 10.9. The summed E-state index contributed by atoms with van der Waals surface area (Å²) in [7, 11) is 0. The van der Waals surface area contributed by atoms with Gasteiger partial charge in [-0.05, 0) is 12.3 Å². The Kier molecular flexibility index (Phi) is 4.71. The SMILES string of the molecule is CSc1nc(-c2cc([N+](=O)[O-])c(Cl)cc2Cl)c(C#N)c(=O)[nH]1. The van der Waals surface area contributed by atoms with Gasteiger partial charge in [-0.15, -0.1) is 0 Å². The van der Waals surface area contributed by atoms with Gasteiger partial charge in [0, 0.05) is 11.6 Å². The third-order valence-electron chi connectivity index (χ3n) is 2.69. The standard InChI is InChI=1S/C12H6Cl2N4O3S/c1-22-12-16-10(6(4-15)11(19)17-12)5-2-9(18(20)21)8(14)3-7(5)13/h2-3H,1H3,(H,16,17,19). The Bertz CT molecular complexity index is 876. The topological polar surface area (TPSA) is 113 Å². The minimum Gasteiger partial charge on any atom is -0.300 e. The van der Waals surface area contributed by atoms with Crippen LogP contribution in [-0.4, -0.2) is 21.1 Å². The average Bonchev–Trinajstić information content (AvgIpc) is 2.46. The molecule has 2 rings (SSSR count). The van der Waals surface area contributed by atoms with Crippen molar-refractivity contribution in [1.29, 1.82) is 5.26 Å². The maximum Gasteiger partial charge on any atom is 0.288 e. The number of hydrogen-bond donors (Lipinski definition) is 1. The minimum absolute atomic E-state index is 0.0274. The molecule has 0 amide bonds. The molecule has 0 aliphatic rings. The van der Waals surface area contributed by atoms with E-state index in [1.165, 1.54) is 6.07 Å². The quantitative estimate of drug-likeness (QED) is 0.390. The summed E-state index contributed by atoms with van der Waals surface area (Å²) in [6, 6.07) is 4.00. The van der Waals surface area contributed by atoms with Crippen LogP contribution in [0.4, 0.5) is 5.69 Å². The molecule has 0 unspecified atom stereocenters. The largest absolute Gasteiger partial charge is 0.300 e. The van der Waals surface area contributed by atoms with E-state index in [0.717, 1.165) is 17.8 Å². The van der Waals surface area contributed by atoms with Gasteiger partial charge in [0.1, 0.15) is 16.7 Å². The van der Waals surface area contributed by atoms with E-state index < -0.39 is 16.2 Å². The highest BCUT2D eigenvalue weighted by Crippen LogP contribution is 2.36. The lowest BCUT2D eigenvalue weighted by Gasteiger charge is -2.08. The number of thioether (sulfide) groups is 1. The molecule has 0 bridgehead atoms. The number of H-pyrrole nitrogens is 1. The summed E-state index contributed by atoms with van der Waals surface area (Å²) < 4.78 is 0. The summed E-state index contributed by atoms with van der Waals surface area (Å²) in [4.78, 5) is 28.7. The first-order valence-electron chi connectivity index (χ1n) is 5.61. The number of nitro groups is 1. The van der Waals surface area contributed by atoms with Crippen LogP contribution in [0.15, 0.2) is 22.1 Å². The molecule has 0 aliphatic heterocycles. The van der Waals surface area contributed by atoms with Crippen LogP contribution in [0, 0.1) is 21.4 Å². The van der Waals surface area contributed by atoms with Crippen LogP contribution >= 0.6 is 35.0 Å². The fourth-order valence-electron chi connectivity index (χ4n) is 1.71. The Hall–Kier alpha value is -2.08. The van der Waals surface area contributed by atoms with Crippen LogP contribution < -0.4 is 5.56 Å². The summed E-state index contributed by atoms with van der Waals surface area (Å²) in [6.45, 7) is 0. The molecule has 0 radical (unpaired) electrons. The minimum atomic E-state index is -0.684. The van der Waals surface area contributed by atoms with Crippen molar-refractivity contribution in [2.45, 2.75) is 5.16 Å². The summed E-state index contributed by atoms with van der Waals surface area (Å²) in [5.74, 6) is 0. The van der Waals surface area contributed by atoms with Gasteiger partial charge in [0.2, 0.25) is 0 Å². The monoisotopic (exact) mass is 356 g/mol. The first kappa shape index (κ1) is 16.3. The smallest absolute Gasteiger partial charge is 0.288 e. The van der Waals surface area contributed by atoms with E-state index in [1.807, 2.05) is 0 Å². The van der Waals surface area contributed by atoms with Crippen molar-refractivity contribution in [3.8, 4) is 17.3 Å². The van der Waals surface area contributed by atoms with Gasteiger partial charge in [0.25, 0.3) is 11.2 Å². The van der Waals surface area contributed by atoms with E-state index in [4.69, 9.17) is 28.5 Å². The highest BCUT2D eigenvalue weighted by atomic mass is 35.5. The molecule has 0 saturated heterocycles. The number of benzene rings is 1. The van der Waals surface area contributed by atoms with E-state index in [9.17, 15) is 14.9 Å². The number of halogens is 2. The van der Waals surface area contributed by atoms with Gasteiger partial charge in [-0.25, -0.2) is 4.98 Å². The predicted octanol–water partition coefficient (Wildman–Crippen LogP) is 3.25. The summed E-state index contributed by atoms with van der Waals surface area (Å²) >= 11 is 13.0. The van der Waals surface area contributed by atoms with Crippen molar-refractivity contribution in [1.82, 2.24) is 9.97 Å². The van der Waals surface area contributed by atoms with E-state index in [0.29, 0.717) is 0 Å². The number of nitrogens with zero attached hydrogens (tertiary/aromatic N) is 3. The molecule has 2 aromatic rings. The first-order valence-corrected chi connectivity index (χ1v) is 7.59. The second kappa shape index (κ2) is 6.36. The highest BCUT2D eigenvalue weighted by molar-refractivity contribution is 7.98. The number of aromatic nitrogens is 2. The van der Waals surface area contributed by atoms with E-state index in [-0.39, 0.29) is 32.0 Å². The third kappa shape index (κ3) is 2.92. The highest BCUT2D eigenvalue weighted by Gasteiger charge is 2.21. The predicted molar refractivity (Wildman–Crippen MR) is 83.5 cm³/mol. The lowest BCUT2D eigenvalue weighted by molar-refractivity contribution is -0.384. The maximum atomic E-state index is 11.9. The van der Waals surface area contributed by atoms with Crippen LogP contribution in [0.2, 0.25) is 10.0 Å². The maximum absolute atomic E-state index is 11.9. The number of hydrogen-bond acceptors (Lipinski definition) is 6. The number of nitrogens with one attached hydrogen (secondary N) is 1. The first-order chi connectivity index (χ1) is 10.4. The summed E-state index contributed by atoms with van der Waals surface area (Å²) in [5.41, 5.74) is -1.25. The fraction of sp³-hybridized carbons (Fsp3) is 0.0833. The lowest BCUT2D eigenvalue weighted by Crippen LogP contribution is -2.14. The van der Waals surface area contributed by atoms with Gasteiger partial charge in [0.05, 0.1) is 15.6 Å². The number of nitro benzene ring substituents is 1. The van der Waals surface area contributed by atoms with Gasteiger partial charge in [-0.1, -0.05) is 35.0 Å². The van der Waals surface area contributed by atoms with Crippen molar-refractivity contribution in [2.75, 3.05) is 6.26 Å². The summed E-state index contributed by atoms with van der Waals surface area (Å²) in [5, 5.41) is 20.3. The van der Waals surface area contributed by atoms with Crippen molar-refractivity contribution < 1.29 is 4.92 Å². The van der Waals surface area contributed by atoms with Crippen molar-refractivity contribution >= 4 is 40.7 Å². The van der Waals surface area contributed by atoms with Gasteiger partial charge in [-0.3, -0.25) is 14.9 Å². The average molecular weight is 357 g/mol. The van der Waals surface area contributed by atoms with Gasteiger partial charge in [0.15, 0.2) is 5.16 Å². The molecule has 0 fully saturated rings. The fourth-order valence-corrected chi connectivity index (χ4v) is 2.63. The molecule has 0 saturated carbocycles. The lowest BCUT2D eigenvalue weighted by atomic mass is 10.1. The van der Waals surface area contributed by atoms with Gasteiger partial charge >= 0.3 is 0 Å². The Morgan fingerprint density at radius 3 is 2.64 bits per heavy atom. The molecule has 1 aromatic heterocycles. The Balaban J connectivity index is 2.85. The van der Waals surface area contributed by atoms with Gasteiger partial charge in [-0.2, -0.15) is 5.26 Å². The molecule has 7 nitrogen and oxygen atoms in total. The Labute approximate surface area is 138 Å². The Morgan fingerprint density at radius 2 is 2.09 bits per heavy atom. The van der Waals surface area contributed by atoms with Crippen molar-refractivity contribution in [3.05, 3.63) is 48.2 Å². The van der Waals surface area contributed by atoms with Crippen LogP contribution in [0.3, 0.4) is 0 Å². The van der Waals surface area contributed by atoms with Crippen LogP contribution in [0.5, 0.6) is 0 Å². The van der Waals surface area contributed by atoms with Crippen LogP contribution in [0.1, 0.15) is 5.56 Å². The van der Waals surface area contributed by atoms with Crippen LogP contribution in [0.25, 0.3) is 11.3 Å². The van der Waals surface area contributed by atoms with Crippen LogP contribution in [-0.2, 0) is 0 Å². The zero-order valence-corrected chi connectivity index (χ0v) is 13.2. The molecular formula is C12H6Cl2N4O3S. The Morgan fingerprint density at radius 1 is 1.41 bits per heavy atom. The van der Waals surface area contributed by atoms with Gasteiger partial charge < -0.3 is 4.98 Å². The van der Waals surface area contributed by atoms with E-state index in [1.54, 1.807) is 12.3 Å². The molecule has 1 N–H and O–H groups in total. The molecule has 0 spiro atoms. The second-order valence-corrected chi connectivity index (χ2v) is 5.56. The molecule has 0 aliphatic carbocycles. The number of aromatic amines is 1. The molecule has 22 heavy (non-hydrogen) atoms. The van der Waals surface area contributed by atoms with Crippen molar-refractivity contribution in [3.63, 3.8) is 0 Å². The number of nitriles is 1. The molecule has 1 heterocycles. The summed E-state index contributed by atoms with van der Waals surface area (Å²) in [6.07, 6.45) is 1.68. The molecular weight excluding hydrogens is 351 g/mol. The van der Waals surface area contributed by atoms with Crippen molar-refractivity contribution in [2.24, 2.45) is 0 Å². The van der Waals surface area contributed by atoms with E-state index in [2.05, 4.69) is 9.97 Å². The number of rotatable bonds is 3. The zero-order chi connectivity index (χ0) is 16.4.